The molecule has 1 aliphatic carbocycles. The number of ketones is 1. The van der Waals surface area contributed by atoms with Crippen molar-refractivity contribution in [1.29, 1.82) is 0 Å². The second-order valence-corrected chi connectivity index (χ2v) is 4.34. The van der Waals surface area contributed by atoms with Crippen molar-refractivity contribution in [2.45, 2.75) is 51.6 Å². The monoisotopic (exact) mass is 210 g/mol. The Hall–Kier alpha value is -0.630. The maximum absolute atomic E-state index is 11.5. The molecule has 0 aromatic carbocycles. The van der Waals surface area contributed by atoms with Crippen LogP contribution in [0.4, 0.5) is 0 Å². The van der Waals surface area contributed by atoms with Crippen LogP contribution in [-0.2, 0) is 9.53 Å². The van der Waals surface area contributed by atoms with Gasteiger partial charge in [0.2, 0.25) is 0 Å². The van der Waals surface area contributed by atoms with E-state index in [1.54, 1.807) is 0 Å². The first-order chi connectivity index (χ1) is 7.26. The summed E-state index contributed by atoms with van der Waals surface area (Å²) in [7, 11) is 0. The molecule has 0 heterocycles. The Morgan fingerprint density at radius 3 is 2.87 bits per heavy atom. The lowest BCUT2D eigenvalue weighted by molar-refractivity contribution is -0.122. The number of unbranched alkanes of at least 4 members (excludes halogenated alkanes) is 1. The molecule has 2 heteroatoms. The van der Waals surface area contributed by atoms with Crippen LogP contribution in [0.25, 0.3) is 0 Å². The topological polar surface area (TPSA) is 26.3 Å². The average Bonchev–Trinajstić information content (AvgIpc) is 2.15. The molecule has 86 valence electrons. The zero-order valence-corrected chi connectivity index (χ0v) is 9.71. The predicted molar refractivity (Wildman–Crippen MR) is 61.8 cm³/mol. The smallest absolute Gasteiger partial charge is 0.133 e. The maximum atomic E-state index is 11.5. The minimum absolute atomic E-state index is 0.414. The van der Waals surface area contributed by atoms with E-state index in [1.165, 1.54) is 0 Å². The molecule has 0 aromatic rings. The Morgan fingerprint density at radius 2 is 2.27 bits per heavy atom. The van der Waals surface area contributed by atoms with E-state index in [-0.39, 0.29) is 0 Å². The van der Waals surface area contributed by atoms with E-state index in [0.29, 0.717) is 17.8 Å². The molecule has 0 N–H and O–H groups in total. The number of allylic oxidation sites excluding steroid dienone is 1. The highest BCUT2D eigenvalue weighted by Crippen LogP contribution is 2.33. The number of rotatable bonds is 8. The van der Waals surface area contributed by atoms with E-state index >= 15 is 0 Å². The first-order valence-electron chi connectivity index (χ1n) is 6.00. The highest BCUT2D eigenvalue weighted by Gasteiger charge is 2.30. The molecule has 0 saturated heterocycles. The number of hydrogen-bond acceptors (Lipinski definition) is 2. The SMILES string of the molecule is C=CCCCC(=O)CC1CC(OCC)C1. The van der Waals surface area contributed by atoms with Crippen molar-refractivity contribution in [3.05, 3.63) is 12.7 Å². The molecule has 0 atom stereocenters. The van der Waals surface area contributed by atoms with Gasteiger partial charge in [-0.25, -0.2) is 0 Å². The maximum Gasteiger partial charge on any atom is 0.133 e. The van der Waals surface area contributed by atoms with Crippen molar-refractivity contribution < 1.29 is 9.53 Å². The molecular weight excluding hydrogens is 188 g/mol. The molecule has 1 fully saturated rings. The standard InChI is InChI=1S/C13H22O2/c1-3-5-6-7-12(14)8-11-9-13(10-11)15-4-2/h3,11,13H,1,4-10H2,2H3. The fraction of sp³-hybridized carbons (Fsp3) is 0.769. The Balaban J connectivity index is 2.00. The van der Waals surface area contributed by atoms with Crippen molar-refractivity contribution in [3.8, 4) is 0 Å². The number of carbonyl (C=O) groups is 1. The number of hydrogen-bond donors (Lipinski definition) is 0. The minimum atomic E-state index is 0.414. The highest BCUT2D eigenvalue weighted by atomic mass is 16.5. The van der Waals surface area contributed by atoms with Crippen molar-refractivity contribution in [3.63, 3.8) is 0 Å². The molecule has 0 spiro atoms. The van der Waals surface area contributed by atoms with Crippen molar-refractivity contribution in [2.24, 2.45) is 5.92 Å². The largest absolute Gasteiger partial charge is 0.378 e. The third kappa shape index (κ3) is 4.61. The Kier molecular flexibility index (Phi) is 5.62. The van der Waals surface area contributed by atoms with E-state index in [2.05, 4.69) is 6.58 Å². The average molecular weight is 210 g/mol. The first-order valence-corrected chi connectivity index (χ1v) is 6.00. The second kappa shape index (κ2) is 6.78. The fourth-order valence-corrected chi connectivity index (χ4v) is 2.08. The van der Waals surface area contributed by atoms with E-state index in [0.717, 1.165) is 45.1 Å². The summed E-state index contributed by atoms with van der Waals surface area (Å²) in [6.07, 6.45) is 7.88. The van der Waals surface area contributed by atoms with E-state index in [4.69, 9.17) is 4.74 Å². The number of ether oxygens (including phenoxy) is 1. The summed E-state index contributed by atoms with van der Waals surface area (Å²) in [5.74, 6) is 1.01. The lowest BCUT2D eigenvalue weighted by Crippen LogP contribution is -2.32. The number of carbonyl (C=O) groups excluding carboxylic acids is 1. The van der Waals surface area contributed by atoms with Gasteiger partial charge in [0.05, 0.1) is 6.10 Å². The summed E-state index contributed by atoms with van der Waals surface area (Å²) in [4.78, 5) is 11.5. The molecule has 0 radical (unpaired) electrons. The van der Waals surface area contributed by atoms with Gasteiger partial charge in [-0.1, -0.05) is 6.08 Å². The van der Waals surface area contributed by atoms with Crippen LogP contribution in [0.15, 0.2) is 12.7 Å². The molecular formula is C13H22O2. The highest BCUT2D eigenvalue weighted by molar-refractivity contribution is 5.78. The van der Waals surface area contributed by atoms with Gasteiger partial charge in [-0.3, -0.25) is 4.79 Å². The van der Waals surface area contributed by atoms with Crippen LogP contribution < -0.4 is 0 Å². The minimum Gasteiger partial charge on any atom is -0.378 e. The Bertz CT molecular complexity index is 205. The second-order valence-electron chi connectivity index (χ2n) is 4.34. The molecule has 0 unspecified atom stereocenters. The van der Waals surface area contributed by atoms with Crippen LogP contribution in [0.2, 0.25) is 0 Å². The van der Waals surface area contributed by atoms with Gasteiger partial charge in [-0.2, -0.15) is 0 Å². The van der Waals surface area contributed by atoms with Crippen LogP contribution in [0, 0.1) is 5.92 Å². The van der Waals surface area contributed by atoms with Gasteiger partial charge >= 0.3 is 0 Å². The fourth-order valence-electron chi connectivity index (χ4n) is 2.08. The predicted octanol–water partition coefficient (Wildman–Crippen LogP) is 3.12. The zero-order valence-electron chi connectivity index (χ0n) is 9.71. The first kappa shape index (κ1) is 12.4. The lowest BCUT2D eigenvalue weighted by Gasteiger charge is -2.34. The summed E-state index contributed by atoms with van der Waals surface area (Å²) < 4.78 is 5.46. The lowest BCUT2D eigenvalue weighted by atomic mass is 9.78. The third-order valence-corrected chi connectivity index (χ3v) is 2.98. The molecule has 0 aromatic heterocycles. The van der Waals surface area contributed by atoms with Gasteiger partial charge in [0.25, 0.3) is 0 Å². The molecule has 0 amide bonds. The molecule has 0 bridgehead atoms. The van der Waals surface area contributed by atoms with E-state index < -0.39 is 0 Å². The third-order valence-electron chi connectivity index (χ3n) is 2.98. The summed E-state index contributed by atoms with van der Waals surface area (Å²) in [5, 5.41) is 0. The number of Topliss-reactive ketones (excluding diaryl/α,β-unsaturated/α-hetero) is 1. The van der Waals surface area contributed by atoms with Crippen molar-refractivity contribution in [1.82, 2.24) is 0 Å². The molecule has 2 nitrogen and oxygen atoms in total. The quantitative estimate of drug-likeness (QED) is 0.454. The van der Waals surface area contributed by atoms with Crippen LogP contribution >= 0.6 is 0 Å². The molecule has 15 heavy (non-hydrogen) atoms. The van der Waals surface area contributed by atoms with E-state index in [9.17, 15) is 4.79 Å². The van der Waals surface area contributed by atoms with Crippen LogP contribution in [0.1, 0.15) is 45.4 Å². The zero-order chi connectivity index (χ0) is 11.1. The normalized spacial score (nSPS) is 24.6. The van der Waals surface area contributed by atoms with Gasteiger partial charge in [-0.05, 0) is 38.5 Å². The molecule has 1 rings (SSSR count). The van der Waals surface area contributed by atoms with Crippen molar-refractivity contribution in [2.75, 3.05) is 6.61 Å². The van der Waals surface area contributed by atoms with Crippen molar-refractivity contribution >= 4 is 5.78 Å². The van der Waals surface area contributed by atoms with E-state index in [1.807, 2.05) is 13.0 Å². The Morgan fingerprint density at radius 1 is 1.53 bits per heavy atom. The van der Waals surface area contributed by atoms with Crippen LogP contribution in [-0.4, -0.2) is 18.5 Å². The van der Waals surface area contributed by atoms with Gasteiger partial charge in [0.1, 0.15) is 5.78 Å². The summed E-state index contributed by atoms with van der Waals surface area (Å²) in [6, 6.07) is 0. The van der Waals surface area contributed by atoms with Crippen LogP contribution in [0.3, 0.4) is 0 Å². The molecule has 1 aliphatic rings. The summed E-state index contributed by atoms with van der Waals surface area (Å²) in [5.41, 5.74) is 0. The van der Waals surface area contributed by atoms with Gasteiger partial charge < -0.3 is 4.74 Å². The summed E-state index contributed by atoms with van der Waals surface area (Å²) in [6.45, 7) is 6.47. The molecule has 0 aliphatic heterocycles. The summed E-state index contributed by atoms with van der Waals surface area (Å²) >= 11 is 0. The van der Waals surface area contributed by atoms with Crippen LogP contribution in [0.5, 0.6) is 0 Å². The van der Waals surface area contributed by atoms with Gasteiger partial charge in [0.15, 0.2) is 0 Å². The van der Waals surface area contributed by atoms with Gasteiger partial charge in [-0.15, -0.1) is 6.58 Å². The Labute approximate surface area is 92.7 Å². The molecule has 1 saturated carbocycles. The van der Waals surface area contributed by atoms with Gasteiger partial charge in [0, 0.05) is 19.4 Å².